The summed E-state index contributed by atoms with van der Waals surface area (Å²) in [6.07, 6.45) is 7.20. The minimum Gasteiger partial charge on any atom is -0.493 e. The van der Waals surface area contributed by atoms with Gasteiger partial charge in [0.15, 0.2) is 11.5 Å². The van der Waals surface area contributed by atoms with Crippen molar-refractivity contribution in [3.8, 4) is 17.4 Å². The molecular formula is C24H25N3O5. The third-order valence-corrected chi connectivity index (χ3v) is 5.26. The molecule has 1 saturated heterocycles. The number of pyridine rings is 1. The molecule has 2 aromatic rings. The number of amidine groups is 1. The van der Waals surface area contributed by atoms with Crippen molar-refractivity contribution in [3.63, 3.8) is 0 Å². The number of ether oxygens (including phenoxy) is 3. The van der Waals surface area contributed by atoms with Crippen LogP contribution in [0.1, 0.15) is 48.5 Å². The summed E-state index contributed by atoms with van der Waals surface area (Å²) in [5.41, 5.74) is 1.57. The molecule has 1 aromatic carbocycles. The average molecular weight is 435 g/mol. The molecule has 8 nitrogen and oxygen atoms in total. The number of rotatable bonds is 6. The molecule has 8 heteroatoms. The molecule has 0 aliphatic carbocycles. The van der Waals surface area contributed by atoms with E-state index >= 15 is 0 Å². The van der Waals surface area contributed by atoms with E-state index in [2.05, 4.69) is 9.98 Å². The van der Waals surface area contributed by atoms with Gasteiger partial charge in [0.2, 0.25) is 5.88 Å². The van der Waals surface area contributed by atoms with E-state index in [9.17, 15) is 9.59 Å². The Kier molecular flexibility index (Phi) is 6.49. The molecule has 0 bridgehead atoms. The highest BCUT2D eigenvalue weighted by Gasteiger charge is 2.30. The molecule has 166 valence electrons. The van der Waals surface area contributed by atoms with Gasteiger partial charge in [0.05, 0.1) is 19.3 Å². The summed E-state index contributed by atoms with van der Waals surface area (Å²) >= 11 is 0. The van der Waals surface area contributed by atoms with Crippen LogP contribution in [0.5, 0.6) is 17.4 Å². The monoisotopic (exact) mass is 435 g/mol. The van der Waals surface area contributed by atoms with Gasteiger partial charge in [-0.25, -0.2) is 14.8 Å². The molecular weight excluding hydrogens is 410 g/mol. The number of amides is 1. The van der Waals surface area contributed by atoms with Crippen molar-refractivity contribution in [1.82, 2.24) is 9.88 Å². The van der Waals surface area contributed by atoms with Gasteiger partial charge in [-0.2, -0.15) is 0 Å². The van der Waals surface area contributed by atoms with Crippen LogP contribution in [0.25, 0.3) is 6.08 Å². The fraction of sp³-hybridized carbons (Fsp3) is 0.333. The van der Waals surface area contributed by atoms with E-state index < -0.39 is 5.97 Å². The largest absolute Gasteiger partial charge is 0.493 e. The number of aromatic nitrogens is 1. The lowest BCUT2D eigenvalue weighted by molar-refractivity contribution is -0.122. The molecule has 0 radical (unpaired) electrons. The van der Waals surface area contributed by atoms with Crippen LogP contribution in [-0.4, -0.2) is 47.9 Å². The lowest BCUT2D eigenvalue weighted by atomic mass is 10.1. The molecule has 3 heterocycles. The van der Waals surface area contributed by atoms with Gasteiger partial charge in [-0.15, -0.1) is 0 Å². The van der Waals surface area contributed by atoms with E-state index in [0.29, 0.717) is 35.2 Å². The van der Waals surface area contributed by atoms with Crippen molar-refractivity contribution in [1.29, 1.82) is 0 Å². The van der Waals surface area contributed by atoms with Gasteiger partial charge < -0.3 is 14.2 Å². The van der Waals surface area contributed by atoms with Crippen LogP contribution in [-0.2, 0) is 9.53 Å². The van der Waals surface area contributed by atoms with Crippen LogP contribution in [0.3, 0.4) is 0 Å². The highest BCUT2D eigenvalue weighted by Crippen LogP contribution is 2.33. The Morgan fingerprint density at radius 3 is 2.78 bits per heavy atom. The van der Waals surface area contributed by atoms with Gasteiger partial charge in [0.25, 0.3) is 5.91 Å². The molecule has 2 aliphatic heterocycles. The maximum Gasteiger partial charge on any atom is 0.339 e. The Labute approximate surface area is 186 Å². The summed E-state index contributed by atoms with van der Waals surface area (Å²) in [5, 5.41) is 0. The Morgan fingerprint density at radius 2 is 2.03 bits per heavy atom. The van der Waals surface area contributed by atoms with Crippen molar-refractivity contribution < 1.29 is 23.8 Å². The van der Waals surface area contributed by atoms with Crippen LogP contribution in [0, 0.1) is 0 Å². The summed E-state index contributed by atoms with van der Waals surface area (Å²) in [5.74, 6) is 1.65. The lowest BCUT2D eigenvalue weighted by Crippen LogP contribution is -2.31. The predicted molar refractivity (Wildman–Crippen MR) is 119 cm³/mol. The predicted octanol–water partition coefficient (Wildman–Crippen LogP) is 4.21. The first-order valence-corrected chi connectivity index (χ1v) is 10.7. The molecule has 0 unspecified atom stereocenters. The zero-order valence-corrected chi connectivity index (χ0v) is 18.2. The SMILES string of the molecule is CCOC(=O)c1ccc(Oc2ccc(/C=C3\N=C4CCCCCN4C3=O)cc2OC)nc1. The second kappa shape index (κ2) is 9.64. The van der Waals surface area contributed by atoms with Crippen LogP contribution in [0.2, 0.25) is 0 Å². The topological polar surface area (TPSA) is 90.3 Å². The molecule has 0 spiro atoms. The first-order chi connectivity index (χ1) is 15.6. The van der Waals surface area contributed by atoms with E-state index in [1.165, 1.54) is 6.20 Å². The van der Waals surface area contributed by atoms with Crippen molar-refractivity contribution in [3.05, 3.63) is 53.4 Å². The van der Waals surface area contributed by atoms with Crippen LogP contribution >= 0.6 is 0 Å². The summed E-state index contributed by atoms with van der Waals surface area (Å²) in [7, 11) is 1.54. The third-order valence-electron chi connectivity index (χ3n) is 5.26. The zero-order valence-electron chi connectivity index (χ0n) is 18.2. The van der Waals surface area contributed by atoms with Crippen molar-refractivity contribution >= 4 is 23.8 Å². The quantitative estimate of drug-likeness (QED) is 0.499. The zero-order chi connectivity index (χ0) is 22.5. The second-order valence-electron chi connectivity index (χ2n) is 7.44. The van der Waals surface area contributed by atoms with Crippen LogP contribution in [0.15, 0.2) is 47.2 Å². The highest BCUT2D eigenvalue weighted by molar-refractivity contribution is 6.14. The maximum atomic E-state index is 12.7. The lowest BCUT2D eigenvalue weighted by Gasteiger charge is -2.14. The maximum absolute atomic E-state index is 12.7. The minimum absolute atomic E-state index is 0.0490. The number of carbonyl (C=O) groups is 2. The van der Waals surface area contributed by atoms with Gasteiger partial charge in [0.1, 0.15) is 11.5 Å². The van der Waals surface area contributed by atoms with Crippen molar-refractivity contribution in [2.75, 3.05) is 20.3 Å². The third kappa shape index (κ3) is 4.64. The normalized spacial score (nSPS) is 16.9. The van der Waals surface area contributed by atoms with E-state index in [0.717, 1.165) is 43.6 Å². The number of hydrogen-bond acceptors (Lipinski definition) is 7. The number of aliphatic imine (C=N–C) groups is 1. The van der Waals surface area contributed by atoms with Crippen LogP contribution in [0.4, 0.5) is 0 Å². The summed E-state index contributed by atoms with van der Waals surface area (Å²) in [4.78, 5) is 35.0. The van der Waals surface area contributed by atoms with E-state index in [1.54, 1.807) is 49.3 Å². The Bertz CT molecular complexity index is 1080. The minimum atomic E-state index is -0.432. The number of carbonyl (C=O) groups excluding carboxylic acids is 2. The number of esters is 1. The van der Waals surface area contributed by atoms with Crippen molar-refractivity contribution in [2.45, 2.75) is 32.6 Å². The highest BCUT2D eigenvalue weighted by atomic mass is 16.5. The summed E-state index contributed by atoms with van der Waals surface area (Å²) in [6, 6.07) is 8.54. The Balaban J connectivity index is 1.52. The number of nitrogens with zero attached hydrogens (tertiary/aromatic N) is 3. The molecule has 4 rings (SSSR count). The smallest absolute Gasteiger partial charge is 0.339 e. The first-order valence-electron chi connectivity index (χ1n) is 10.7. The number of hydrogen-bond donors (Lipinski definition) is 0. The van der Waals surface area contributed by atoms with Gasteiger partial charge in [-0.3, -0.25) is 9.69 Å². The van der Waals surface area contributed by atoms with Crippen molar-refractivity contribution in [2.24, 2.45) is 4.99 Å². The second-order valence-corrected chi connectivity index (χ2v) is 7.44. The van der Waals surface area contributed by atoms with Gasteiger partial charge in [-0.1, -0.05) is 12.5 Å². The molecule has 1 aromatic heterocycles. The van der Waals surface area contributed by atoms with E-state index in [-0.39, 0.29) is 5.91 Å². The van der Waals surface area contributed by atoms with Crippen LogP contribution < -0.4 is 9.47 Å². The summed E-state index contributed by atoms with van der Waals surface area (Å²) in [6.45, 7) is 2.77. The molecule has 2 aliphatic rings. The molecule has 0 N–H and O–H groups in total. The molecule has 0 saturated carbocycles. The summed E-state index contributed by atoms with van der Waals surface area (Å²) < 4.78 is 16.2. The molecule has 0 atom stereocenters. The fourth-order valence-corrected chi connectivity index (χ4v) is 3.65. The van der Waals surface area contributed by atoms with E-state index in [1.807, 2.05) is 6.07 Å². The average Bonchev–Trinajstić information content (AvgIpc) is 2.95. The molecule has 32 heavy (non-hydrogen) atoms. The Morgan fingerprint density at radius 1 is 1.16 bits per heavy atom. The molecule has 1 fully saturated rings. The standard InChI is InChI=1S/C24H25N3O5/c1-3-31-24(29)17-9-11-22(25-15-17)32-19-10-8-16(14-20(19)30-2)13-18-23(28)27-12-6-4-5-7-21(27)26-18/h8-11,13-15H,3-7,12H2,1-2H3/b18-13-. The van der Waals surface area contributed by atoms with Gasteiger partial charge >= 0.3 is 5.97 Å². The number of methoxy groups -OCH3 is 1. The fourth-order valence-electron chi connectivity index (χ4n) is 3.65. The first kappa shape index (κ1) is 21.5. The molecule has 1 amide bonds. The number of fused-ring (bicyclic) bond motifs is 1. The number of benzene rings is 1. The Hall–Kier alpha value is -3.68. The van der Waals surface area contributed by atoms with E-state index in [4.69, 9.17) is 14.2 Å². The van der Waals surface area contributed by atoms with Gasteiger partial charge in [0, 0.05) is 25.2 Å². The van der Waals surface area contributed by atoms with Gasteiger partial charge in [-0.05, 0) is 49.6 Å².